The van der Waals surface area contributed by atoms with Crippen LogP contribution in [0.25, 0.3) is 0 Å². The summed E-state index contributed by atoms with van der Waals surface area (Å²) in [5, 5.41) is 4.99. The van der Waals surface area contributed by atoms with Crippen LogP contribution >= 0.6 is 22.9 Å². The number of likely N-dealkylation sites (N-methyl/N-ethyl adjacent to an activating group) is 1. The highest BCUT2D eigenvalue weighted by molar-refractivity contribution is 7.13. The number of nitrogens with one attached hydrogen (secondary N) is 2. The maximum atomic E-state index is 13.0. The van der Waals surface area contributed by atoms with E-state index in [1.807, 2.05) is 18.0 Å². The van der Waals surface area contributed by atoms with E-state index in [9.17, 15) is 22.8 Å². The first-order valence-corrected chi connectivity index (χ1v) is 12.1. The third-order valence-corrected chi connectivity index (χ3v) is 6.78. The Hall–Kier alpha value is -3.03. The number of nitrogens with zero attached hydrogens (tertiary/aromatic N) is 4. The van der Waals surface area contributed by atoms with Crippen molar-refractivity contribution in [2.24, 2.45) is 10.7 Å². The molecule has 36 heavy (non-hydrogen) atoms. The lowest BCUT2D eigenvalue weighted by Crippen LogP contribution is -2.34. The van der Waals surface area contributed by atoms with Crippen LogP contribution in [0.5, 0.6) is 0 Å². The topological polar surface area (TPSA) is 126 Å². The monoisotopic (exact) mass is 543 g/mol. The predicted molar refractivity (Wildman–Crippen MR) is 132 cm³/mol. The van der Waals surface area contributed by atoms with Gasteiger partial charge in [-0.3, -0.25) is 14.6 Å². The summed E-state index contributed by atoms with van der Waals surface area (Å²) in [4.78, 5) is 39.5. The number of pyridine rings is 1. The van der Waals surface area contributed by atoms with E-state index in [2.05, 4.69) is 25.6 Å². The molecule has 9 nitrogen and oxygen atoms in total. The highest BCUT2D eigenvalue weighted by atomic mass is 35.5. The molecule has 0 aliphatic carbocycles. The van der Waals surface area contributed by atoms with Crippen LogP contribution in [0, 0.1) is 0 Å². The number of anilines is 1. The number of hydrogen-bond donors (Lipinski definition) is 3. The maximum absolute atomic E-state index is 13.0. The summed E-state index contributed by atoms with van der Waals surface area (Å²) < 4.78 is 39.1. The van der Waals surface area contributed by atoms with Crippen molar-refractivity contribution < 1.29 is 22.8 Å². The fourth-order valence-electron chi connectivity index (χ4n) is 3.32. The molecule has 2 aromatic rings. The van der Waals surface area contributed by atoms with Gasteiger partial charge in [0.25, 0.3) is 5.91 Å². The number of thiazole rings is 1. The molecule has 0 saturated carbocycles. The molecule has 194 valence electrons. The third-order valence-electron chi connectivity index (χ3n) is 5.30. The van der Waals surface area contributed by atoms with Gasteiger partial charge in [-0.1, -0.05) is 23.8 Å². The summed E-state index contributed by atoms with van der Waals surface area (Å²) in [6.07, 6.45) is 4.37. The van der Waals surface area contributed by atoms with Crippen molar-refractivity contribution in [3.8, 4) is 0 Å². The second-order valence-corrected chi connectivity index (χ2v) is 9.52. The molecule has 3 heterocycles. The summed E-state index contributed by atoms with van der Waals surface area (Å²) in [6, 6.07) is -0.509. The van der Waals surface area contributed by atoms with Gasteiger partial charge < -0.3 is 21.3 Å². The predicted octanol–water partition coefficient (Wildman–Crippen LogP) is 3.65. The van der Waals surface area contributed by atoms with Crippen molar-refractivity contribution in [3.63, 3.8) is 0 Å². The van der Waals surface area contributed by atoms with Gasteiger partial charge in [-0.05, 0) is 32.4 Å². The van der Waals surface area contributed by atoms with E-state index in [4.69, 9.17) is 17.3 Å². The van der Waals surface area contributed by atoms with E-state index in [1.54, 1.807) is 19.3 Å². The minimum Gasteiger partial charge on any atom is -0.360 e. The Labute approximate surface area is 214 Å². The summed E-state index contributed by atoms with van der Waals surface area (Å²) in [6.45, 7) is 2.28. The van der Waals surface area contributed by atoms with Crippen LogP contribution in [0.2, 0.25) is 5.02 Å². The lowest BCUT2D eigenvalue weighted by atomic mass is 10.1. The summed E-state index contributed by atoms with van der Waals surface area (Å²) >= 11 is 6.55. The van der Waals surface area contributed by atoms with E-state index < -0.39 is 34.8 Å². The fraction of sp³-hybridized carbons (Fsp3) is 0.409. The lowest BCUT2D eigenvalue weighted by Gasteiger charge is -2.21. The van der Waals surface area contributed by atoms with Gasteiger partial charge in [-0.25, -0.2) is 9.97 Å². The molecule has 3 atom stereocenters. The van der Waals surface area contributed by atoms with E-state index >= 15 is 0 Å². The molecule has 1 aliphatic heterocycles. The first-order chi connectivity index (χ1) is 17.0. The zero-order valence-electron chi connectivity index (χ0n) is 19.4. The molecule has 0 aromatic carbocycles. The highest BCUT2D eigenvalue weighted by Crippen LogP contribution is 2.35. The molecule has 0 spiro atoms. The van der Waals surface area contributed by atoms with Crippen LogP contribution in [0.15, 0.2) is 35.6 Å². The number of hydrogen-bond acceptors (Lipinski definition) is 8. The van der Waals surface area contributed by atoms with Gasteiger partial charge in [0.2, 0.25) is 5.91 Å². The molecule has 3 unspecified atom stereocenters. The Balaban J connectivity index is 1.63. The molecule has 0 saturated heterocycles. The molecule has 4 N–H and O–H groups in total. The van der Waals surface area contributed by atoms with E-state index in [-0.39, 0.29) is 22.6 Å². The minimum absolute atomic E-state index is 0.0925. The van der Waals surface area contributed by atoms with Gasteiger partial charge in [0, 0.05) is 19.3 Å². The molecule has 14 heteroatoms. The van der Waals surface area contributed by atoms with Gasteiger partial charge in [-0.2, -0.15) is 13.2 Å². The van der Waals surface area contributed by atoms with Crippen molar-refractivity contribution in [2.75, 3.05) is 18.9 Å². The molecule has 0 bridgehead atoms. The summed E-state index contributed by atoms with van der Waals surface area (Å²) in [5.41, 5.74) is 4.47. The number of rotatable bonds is 8. The van der Waals surface area contributed by atoms with E-state index in [0.29, 0.717) is 17.6 Å². The van der Waals surface area contributed by atoms with Crippen molar-refractivity contribution in [1.82, 2.24) is 20.2 Å². The Morgan fingerprint density at radius 3 is 2.72 bits per heavy atom. The third kappa shape index (κ3) is 7.02. The first kappa shape index (κ1) is 27.6. The standard InChI is InChI=1S/C22H25ClF3N7O2S/c1-12(31-19(34)16-6-5-13(4-3-7-27)33(2)11-30-16)21-29-10-17(36-21)20(35)32-18-8-14(22(24,25)26)15(23)9-28-18/h5-6,8-13,16H,3-4,7,27H2,1-2H3,(H,31,34)(H,28,32,35). The van der Waals surface area contributed by atoms with Crippen molar-refractivity contribution >= 4 is 46.9 Å². The molecule has 2 amide bonds. The zero-order valence-corrected chi connectivity index (χ0v) is 21.0. The highest BCUT2D eigenvalue weighted by Gasteiger charge is 2.34. The summed E-state index contributed by atoms with van der Waals surface area (Å²) in [5.74, 6) is -1.34. The quantitative estimate of drug-likeness (QED) is 0.436. The molecule has 0 fully saturated rings. The maximum Gasteiger partial charge on any atom is 0.418 e. The Morgan fingerprint density at radius 1 is 1.28 bits per heavy atom. The summed E-state index contributed by atoms with van der Waals surface area (Å²) in [7, 11) is 1.88. The van der Waals surface area contributed by atoms with Gasteiger partial charge in [-0.15, -0.1) is 11.3 Å². The molecular weight excluding hydrogens is 519 g/mol. The molecule has 3 rings (SSSR count). The average Bonchev–Trinajstić information content (AvgIpc) is 3.24. The lowest BCUT2D eigenvalue weighted by molar-refractivity contribution is -0.137. The smallest absolute Gasteiger partial charge is 0.360 e. The SMILES string of the molecule is CC(NC(=O)C1C=CC(CCCN)N(C)C=N1)c1ncc(C(=O)Nc2cc(C(F)(F)F)c(Cl)cn2)s1. The molecule has 2 aromatic heterocycles. The van der Waals surface area contributed by atoms with Crippen LogP contribution in [-0.2, 0) is 11.0 Å². The van der Waals surface area contributed by atoms with Crippen molar-refractivity contribution in [1.29, 1.82) is 0 Å². The fourth-order valence-corrected chi connectivity index (χ4v) is 4.35. The number of nitrogens with two attached hydrogens (primary N) is 1. The second-order valence-electron chi connectivity index (χ2n) is 8.05. The van der Waals surface area contributed by atoms with Crippen LogP contribution in [-0.4, -0.2) is 58.7 Å². The number of alkyl halides is 3. The molecule has 0 radical (unpaired) electrons. The number of aromatic nitrogens is 2. The van der Waals surface area contributed by atoms with Crippen LogP contribution < -0.4 is 16.4 Å². The average molecular weight is 544 g/mol. The van der Waals surface area contributed by atoms with Crippen molar-refractivity contribution in [3.05, 3.63) is 51.1 Å². The Kier molecular flexibility index (Phi) is 9.03. The minimum atomic E-state index is -4.69. The molecule has 1 aliphatic rings. The van der Waals surface area contributed by atoms with E-state index in [1.165, 1.54) is 6.20 Å². The zero-order chi connectivity index (χ0) is 26.5. The van der Waals surface area contributed by atoms with Gasteiger partial charge in [0.15, 0.2) is 0 Å². The van der Waals surface area contributed by atoms with Gasteiger partial charge >= 0.3 is 6.18 Å². The Bertz CT molecular complexity index is 1150. The number of amides is 2. The van der Waals surface area contributed by atoms with Gasteiger partial charge in [0.1, 0.15) is 21.7 Å². The molecular formula is C22H25ClF3N7O2S. The number of halogens is 4. The first-order valence-electron chi connectivity index (χ1n) is 10.9. The number of carbonyl (C=O) groups is 2. The van der Waals surface area contributed by atoms with Gasteiger partial charge in [0.05, 0.1) is 29.2 Å². The largest absolute Gasteiger partial charge is 0.418 e. The van der Waals surface area contributed by atoms with Crippen molar-refractivity contribution in [2.45, 2.75) is 44.1 Å². The number of carbonyl (C=O) groups excluding carboxylic acids is 2. The van der Waals surface area contributed by atoms with Crippen LogP contribution in [0.3, 0.4) is 0 Å². The normalized spacial score (nSPS) is 18.6. The second kappa shape index (κ2) is 11.8. The Morgan fingerprint density at radius 2 is 2.03 bits per heavy atom. The van der Waals surface area contributed by atoms with Crippen LogP contribution in [0.4, 0.5) is 19.0 Å². The van der Waals surface area contributed by atoms with Crippen LogP contribution in [0.1, 0.15) is 46.0 Å². The number of aliphatic imine (C=N–C) groups is 1. The van der Waals surface area contributed by atoms with E-state index in [0.717, 1.165) is 30.4 Å².